The maximum Gasteiger partial charge on any atom is 0.160 e. The summed E-state index contributed by atoms with van der Waals surface area (Å²) in [7, 11) is 0. The number of benzene rings is 1. The smallest absolute Gasteiger partial charge is 0.160 e. The Morgan fingerprint density at radius 2 is 2.22 bits per heavy atom. The lowest BCUT2D eigenvalue weighted by atomic mass is 10.1. The number of anilines is 3. The fourth-order valence-corrected chi connectivity index (χ4v) is 5.01. The summed E-state index contributed by atoms with van der Waals surface area (Å²) in [5.41, 5.74) is 2.38. The van der Waals surface area contributed by atoms with Gasteiger partial charge < -0.3 is 25.0 Å². The van der Waals surface area contributed by atoms with Gasteiger partial charge in [-0.1, -0.05) is 11.6 Å². The summed E-state index contributed by atoms with van der Waals surface area (Å²) in [5, 5.41) is 7.45. The molecule has 3 aromatic rings. The lowest BCUT2D eigenvalue weighted by Gasteiger charge is -2.28. The molecule has 32 heavy (non-hydrogen) atoms. The van der Waals surface area contributed by atoms with Crippen LogP contribution in [0.2, 0.25) is 5.02 Å². The van der Waals surface area contributed by atoms with Gasteiger partial charge >= 0.3 is 0 Å². The fourth-order valence-electron chi connectivity index (χ4n) is 4.78. The summed E-state index contributed by atoms with van der Waals surface area (Å²) in [5.74, 6) is 2.74. The SMILES string of the molecule is Clc1cc(Nc2ncnc3ccc(N4C[C@@H]5C[C@H]4CN5)nc23)ccc1OC[C@@H]1CCOC1. The lowest BCUT2D eigenvalue weighted by molar-refractivity contribution is 0.167. The molecule has 3 saturated heterocycles. The van der Waals surface area contributed by atoms with Crippen LogP contribution >= 0.6 is 11.6 Å². The van der Waals surface area contributed by atoms with Crippen LogP contribution in [0.4, 0.5) is 17.3 Å². The minimum absolute atomic E-state index is 0.429. The Labute approximate surface area is 191 Å². The highest BCUT2D eigenvalue weighted by Crippen LogP contribution is 2.33. The molecule has 1 aromatic carbocycles. The van der Waals surface area contributed by atoms with Crippen LogP contribution in [0.5, 0.6) is 5.75 Å². The number of fused-ring (bicyclic) bond motifs is 3. The highest BCUT2D eigenvalue weighted by molar-refractivity contribution is 6.32. The third-order valence-corrected chi connectivity index (χ3v) is 6.81. The molecular formula is C23H25ClN6O2. The Kier molecular flexibility index (Phi) is 5.21. The monoisotopic (exact) mass is 452 g/mol. The Hall–Kier alpha value is -2.68. The van der Waals surface area contributed by atoms with Gasteiger partial charge in [-0.05, 0) is 43.2 Å². The van der Waals surface area contributed by atoms with Crippen molar-refractivity contribution in [3.8, 4) is 5.75 Å². The summed E-state index contributed by atoms with van der Waals surface area (Å²) in [4.78, 5) is 16.2. The molecule has 0 unspecified atom stereocenters. The predicted octanol–water partition coefficient (Wildman–Crippen LogP) is 3.39. The molecule has 0 amide bonds. The van der Waals surface area contributed by atoms with E-state index >= 15 is 0 Å². The predicted molar refractivity (Wildman–Crippen MR) is 124 cm³/mol. The van der Waals surface area contributed by atoms with Crippen LogP contribution in [0.1, 0.15) is 12.8 Å². The molecular weight excluding hydrogens is 428 g/mol. The molecule has 3 atom stereocenters. The van der Waals surface area contributed by atoms with E-state index in [1.165, 1.54) is 6.42 Å². The third kappa shape index (κ3) is 3.83. The van der Waals surface area contributed by atoms with Gasteiger partial charge in [0.1, 0.15) is 23.4 Å². The van der Waals surface area contributed by atoms with Crippen molar-refractivity contribution >= 4 is 40.0 Å². The van der Waals surface area contributed by atoms with Gasteiger partial charge in [-0.2, -0.15) is 0 Å². The Balaban J connectivity index is 1.22. The number of hydrogen-bond acceptors (Lipinski definition) is 8. The lowest BCUT2D eigenvalue weighted by Crippen LogP contribution is -2.44. The van der Waals surface area contributed by atoms with Crippen LogP contribution in [0.15, 0.2) is 36.7 Å². The third-order valence-electron chi connectivity index (χ3n) is 6.51. The number of halogens is 1. The van der Waals surface area contributed by atoms with Crippen molar-refractivity contribution in [2.24, 2.45) is 5.92 Å². The minimum Gasteiger partial charge on any atom is -0.492 e. The van der Waals surface area contributed by atoms with Crippen molar-refractivity contribution in [1.29, 1.82) is 0 Å². The number of aromatic nitrogens is 3. The highest BCUT2D eigenvalue weighted by Gasteiger charge is 2.38. The van der Waals surface area contributed by atoms with Crippen LogP contribution in [0.3, 0.4) is 0 Å². The van der Waals surface area contributed by atoms with Gasteiger partial charge in [0.25, 0.3) is 0 Å². The Morgan fingerprint density at radius 3 is 3.00 bits per heavy atom. The van der Waals surface area contributed by atoms with Gasteiger partial charge in [0.05, 0.1) is 23.8 Å². The first kappa shape index (κ1) is 20.0. The molecule has 0 aliphatic carbocycles. The quantitative estimate of drug-likeness (QED) is 0.588. The second-order valence-corrected chi connectivity index (χ2v) is 9.12. The van der Waals surface area contributed by atoms with E-state index in [1.807, 2.05) is 24.3 Å². The molecule has 2 N–H and O–H groups in total. The Bertz CT molecular complexity index is 1140. The molecule has 3 fully saturated rings. The van der Waals surface area contributed by atoms with Crippen molar-refractivity contribution in [3.05, 3.63) is 41.7 Å². The van der Waals surface area contributed by atoms with Crippen molar-refractivity contribution < 1.29 is 9.47 Å². The van der Waals surface area contributed by atoms with Gasteiger partial charge in [0, 0.05) is 43.4 Å². The van der Waals surface area contributed by atoms with Crippen molar-refractivity contribution in [3.63, 3.8) is 0 Å². The maximum absolute atomic E-state index is 6.49. The van der Waals surface area contributed by atoms with E-state index in [0.29, 0.717) is 41.2 Å². The van der Waals surface area contributed by atoms with Crippen molar-refractivity contribution in [2.75, 3.05) is 43.1 Å². The zero-order chi connectivity index (χ0) is 21.5. The van der Waals surface area contributed by atoms with E-state index in [9.17, 15) is 0 Å². The average molecular weight is 453 g/mol. The number of ether oxygens (including phenoxy) is 2. The molecule has 6 rings (SSSR count). The van der Waals surface area contributed by atoms with Crippen LogP contribution in [0.25, 0.3) is 11.0 Å². The molecule has 9 heteroatoms. The fraction of sp³-hybridized carbons (Fsp3) is 0.435. The summed E-state index contributed by atoms with van der Waals surface area (Å²) >= 11 is 6.49. The first-order valence-corrected chi connectivity index (χ1v) is 11.5. The molecule has 166 valence electrons. The first-order valence-electron chi connectivity index (χ1n) is 11.1. The maximum atomic E-state index is 6.49. The zero-order valence-electron chi connectivity index (χ0n) is 17.6. The number of piperazine rings is 1. The molecule has 8 nitrogen and oxygen atoms in total. The number of nitrogens with zero attached hydrogens (tertiary/aromatic N) is 4. The molecule has 0 saturated carbocycles. The normalized spacial score (nSPS) is 24.4. The summed E-state index contributed by atoms with van der Waals surface area (Å²) < 4.78 is 11.3. The van der Waals surface area contributed by atoms with E-state index in [2.05, 4.69) is 31.6 Å². The minimum atomic E-state index is 0.429. The zero-order valence-corrected chi connectivity index (χ0v) is 18.4. The molecule has 0 spiro atoms. The largest absolute Gasteiger partial charge is 0.492 e. The first-order chi connectivity index (χ1) is 15.7. The second-order valence-electron chi connectivity index (χ2n) is 8.72. The molecule has 2 aromatic heterocycles. The van der Waals surface area contributed by atoms with Gasteiger partial charge in [-0.25, -0.2) is 15.0 Å². The van der Waals surface area contributed by atoms with Crippen molar-refractivity contribution in [1.82, 2.24) is 20.3 Å². The number of pyridine rings is 1. The summed E-state index contributed by atoms with van der Waals surface area (Å²) in [6, 6.07) is 10.8. The van der Waals surface area contributed by atoms with Crippen LogP contribution in [-0.2, 0) is 4.74 Å². The van der Waals surface area contributed by atoms with Crippen molar-refractivity contribution in [2.45, 2.75) is 24.9 Å². The number of nitrogens with one attached hydrogen (secondary N) is 2. The molecule has 5 heterocycles. The van der Waals surface area contributed by atoms with Crippen LogP contribution in [-0.4, -0.2) is 59.9 Å². The summed E-state index contributed by atoms with van der Waals surface area (Å²) in [6.45, 7) is 4.18. The molecule has 3 aliphatic heterocycles. The average Bonchev–Trinajstić information content (AvgIpc) is 3.57. The molecule has 2 bridgehead atoms. The Morgan fingerprint density at radius 1 is 1.25 bits per heavy atom. The van der Waals surface area contributed by atoms with E-state index in [0.717, 1.165) is 55.3 Å². The van der Waals surface area contributed by atoms with Gasteiger partial charge in [0.15, 0.2) is 5.82 Å². The van der Waals surface area contributed by atoms with Crippen LogP contribution in [0, 0.1) is 5.92 Å². The van der Waals surface area contributed by atoms with Gasteiger partial charge in [-0.3, -0.25) is 0 Å². The molecule has 3 aliphatic rings. The van der Waals surface area contributed by atoms with Gasteiger partial charge in [-0.15, -0.1) is 0 Å². The highest BCUT2D eigenvalue weighted by atomic mass is 35.5. The van der Waals surface area contributed by atoms with Gasteiger partial charge in [0.2, 0.25) is 0 Å². The van der Waals surface area contributed by atoms with E-state index in [1.54, 1.807) is 6.33 Å². The molecule has 0 radical (unpaired) electrons. The van der Waals surface area contributed by atoms with Crippen LogP contribution < -0.4 is 20.3 Å². The topological polar surface area (TPSA) is 84.4 Å². The number of rotatable bonds is 6. The van der Waals surface area contributed by atoms with E-state index in [-0.39, 0.29) is 0 Å². The second kappa shape index (κ2) is 8.35. The number of hydrogen-bond donors (Lipinski definition) is 2. The van der Waals surface area contributed by atoms with E-state index < -0.39 is 0 Å². The summed E-state index contributed by atoms with van der Waals surface area (Å²) in [6.07, 6.45) is 3.76. The van der Waals surface area contributed by atoms with E-state index in [4.69, 9.17) is 26.1 Å². The standard InChI is InChI=1S/C23H25ClN6O2/c24-18-8-15(1-3-20(18)32-12-14-5-6-31-11-14)28-23-22-19(26-13-27-23)2-4-21(29-22)30-10-16-7-17(30)9-25-16/h1-4,8,13-14,16-17,25H,5-7,9-12H2,(H,26,27,28)/t14-,16+,17+/m1/s1.